The molecule has 0 aliphatic rings. The number of para-hydroxylation sites is 1. The van der Waals surface area contributed by atoms with Crippen molar-refractivity contribution in [3.63, 3.8) is 0 Å². The molecule has 9 nitrogen and oxygen atoms in total. The Morgan fingerprint density at radius 1 is 0.919 bits per heavy atom. The van der Waals surface area contributed by atoms with Crippen molar-refractivity contribution in [1.29, 1.82) is 0 Å². The smallest absolute Gasteiger partial charge is 0.267 e. The Morgan fingerprint density at radius 3 is 2.27 bits per heavy atom. The number of primary amides is 1. The zero-order valence-corrected chi connectivity index (χ0v) is 19.6. The van der Waals surface area contributed by atoms with Gasteiger partial charge < -0.3 is 15.4 Å². The highest BCUT2D eigenvalue weighted by Crippen LogP contribution is 2.31. The van der Waals surface area contributed by atoms with Crippen LogP contribution in [0, 0.1) is 5.82 Å². The zero-order valence-electron chi connectivity index (χ0n) is 19.6. The van der Waals surface area contributed by atoms with Crippen molar-refractivity contribution in [2.24, 2.45) is 5.73 Å². The number of aromatic amines is 1. The van der Waals surface area contributed by atoms with Gasteiger partial charge in [-0.05, 0) is 71.8 Å². The van der Waals surface area contributed by atoms with Gasteiger partial charge in [0.1, 0.15) is 28.8 Å². The largest absolute Gasteiger partial charge is 0.457 e. The van der Waals surface area contributed by atoms with Gasteiger partial charge in [-0.1, -0.05) is 35.5 Å². The van der Waals surface area contributed by atoms with Gasteiger partial charge >= 0.3 is 0 Å². The summed E-state index contributed by atoms with van der Waals surface area (Å²) in [6.07, 6.45) is 0.499. The minimum Gasteiger partial charge on any atom is -0.457 e. The van der Waals surface area contributed by atoms with Crippen LogP contribution in [0.15, 0.2) is 91.0 Å². The highest BCUT2D eigenvalue weighted by atomic mass is 19.1. The number of anilines is 2. The number of carbonyl (C=O) groups is 1. The Labute approximate surface area is 211 Å². The van der Waals surface area contributed by atoms with Crippen molar-refractivity contribution in [2.75, 3.05) is 11.4 Å². The van der Waals surface area contributed by atoms with Crippen LogP contribution < -0.4 is 15.4 Å². The molecule has 10 heteroatoms. The second-order valence-electron chi connectivity index (χ2n) is 8.11. The fourth-order valence-corrected chi connectivity index (χ4v) is 3.79. The van der Waals surface area contributed by atoms with E-state index in [0.717, 1.165) is 16.8 Å². The lowest BCUT2D eigenvalue weighted by Gasteiger charge is -2.24. The number of aromatic nitrogens is 5. The topological polar surface area (TPSA) is 123 Å². The van der Waals surface area contributed by atoms with Crippen LogP contribution in [-0.4, -0.2) is 38.1 Å². The van der Waals surface area contributed by atoms with Gasteiger partial charge in [-0.2, -0.15) is 5.21 Å². The monoisotopic (exact) mass is 495 g/mol. The molecule has 2 heterocycles. The second-order valence-corrected chi connectivity index (χ2v) is 8.11. The van der Waals surface area contributed by atoms with E-state index in [1.54, 1.807) is 30.3 Å². The molecule has 1 amide bonds. The number of pyridine rings is 1. The quantitative estimate of drug-likeness (QED) is 0.305. The molecule has 3 N–H and O–H groups in total. The Hall–Kier alpha value is -5.12. The third-order valence-corrected chi connectivity index (χ3v) is 5.59. The van der Waals surface area contributed by atoms with Crippen LogP contribution in [0.1, 0.15) is 16.3 Å². The Balaban J connectivity index is 1.47. The summed E-state index contributed by atoms with van der Waals surface area (Å²) in [6, 6.07) is 26.4. The molecule has 0 saturated heterocycles. The average Bonchev–Trinajstić information content (AvgIpc) is 3.45. The van der Waals surface area contributed by atoms with Gasteiger partial charge in [-0.3, -0.25) is 4.79 Å². The molecule has 0 spiro atoms. The van der Waals surface area contributed by atoms with Crippen LogP contribution in [0.25, 0.3) is 11.1 Å². The first-order valence-electron chi connectivity index (χ1n) is 11.5. The minimum atomic E-state index is -0.634. The summed E-state index contributed by atoms with van der Waals surface area (Å²) in [4.78, 5) is 18.7. The Kier molecular flexibility index (Phi) is 6.80. The van der Waals surface area contributed by atoms with Gasteiger partial charge in [-0.25, -0.2) is 9.37 Å². The number of nitrogens with zero attached hydrogens (tertiary/aromatic N) is 5. The molecule has 0 atom stereocenters. The number of benzene rings is 3. The summed E-state index contributed by atoms with van der Waals surface area (Å²) in [5, 5.41) is 14.1. The summed E-state index contributed by atoms with van der Waals surface area (Å²) in [5.74, 6) is 1.26. The lowest BCUT2D eigenvalue weighted by Crippen LogP contribution is -2.23. The number of hydrogen-bond acceptors (Lipinski definition) is 7. The number of nitrogens with two attached hydrogens (primary N) is 1. The third kappa shape index (κ3) is 5.76. The molecule has 2 aromatic heterocycles. The molecule has 5 rings (SSSR count). The molecule has 0 radical (unpaired) electrons. The van der Waals surface area contributed by atoms with E-state index < -0.39 is 5.91 Å². The molecule has 0 aliphatic carbocycles. The number of halogens is 1. The van der Waals surface area contributed by atoms with Crippen LogP contribution in [0.5, 0.6) is 11.5 Å². The van der Waals surface area contributed by atoms with Gasteiger partial charge in [0.05, 0.1) is 0 Å². The number of nitrogens with one attached hydrogen (secondary N) is 1. The molecule has 0 unspecified atom stereocenters. The van der Waals surface area contributed by atoms with E-state index in [2.05, 4.69) is 25.6 Å². The second kappa shape index (κ2) is 10.6. The molecular formula is C27H22FN7O2. The number of carbonyl (C=O) groups excluding carboxylic acids is 1. The highest BCUT2D eigenvalue weighted by Gasteiger charge is 2.17. The van der Waals surface area contributed by atoms with E-state index in [0.29, 0.717) is 36.1 Å². The van der Waals surface area contributed by atoms with Crippen LogP contribution in [0.4, 0.5) is 15.9 Å². The van der Waals surface area contributed by atoms with Gasteiger partial charge in [0.25, 0.3) is 5.91 Å². The van der Waals surface area contributed by atoms with Gasteiger partial charge in [-0.15, -0.1) is 10.2 Å². The van der Waals surface area contributed by atoms with E-state index in [-0.39, 0.29) is 11.5 Å². The molecule has 0 bridgehead atoms. The number of H-pyrrole nitrogens is 1. The fourth-order valence-electron chi connectivity index (χ4n) is 3.79. The Bertz CT molecular complexity index is 1480. The van der Waals surface area contributed by atoms with E-state index in [1.807, 2.05) is 53.4 Å². The minimum absolute atomic E-state index is 0.139. The number of amides is 1. The molecule has 0 aliphatic heterocycles. The molecule has 5 aromatic rings. The Morgan fingerprint density at radius 2 is 1.62 bits per heavy atom. The first-order chi connectivity index (χ1) is 18.0. The summed E-state index contributed by atoms with van der Waals surface area (Å²) in [7, 11) is 0. The predicted octanol–water partition coefficient (Wildman–Crippen LogP) is 4.67. The summed E-state index contributed by atoms with van der Waals surface area (Å²) >= 11 is 0. The molecule has 0 saturated carbocycles. The normalized spacial score (nSPS) is 10.7. The number of hydrogen-bond donors (Lipinski definition) is 2. The van der Waals surface area contributed by atoms with Crippen molar-refractivity contribution in [1.82, 2.24) is 25.6 Å². The highest BCUT2D eigenvalue weighted by molar-refractivity contribution is 5.93. The van der Waals surface area contributed by atoms with Crippen molar-refractivity contribution >= 4 is 17.4 Å². The maximum atomic E-state index is 13.2. The van der Waals surface area contributed by atoms with Crippen LogP contribution in [0.2, 0.25) is 0 Å². The predicted molar refractivity (Wildman–Crippen MR) is 136 cm³/mol. The number of tetrazole rings is 1. The van der Waals surface area contributed by atoms with Crippen molar-refractivity contribution in [3.05, 3.63) is 108 Å². The number of ether oxygens (including phenoxy) is 1. The maximum Gasteiger partial charge on any atom is 0.267 e. The van der Waals surface area contributed by atoms with Crippen molar-refractivity contribution < 1.29 is 13.9 Å². The van der Waals surface area contributed by atoms with E-state index >= 15 is 0 Å². The molecule has 0 fully saturated rings. The standard InChI is InChI=1S/C27H22FN7O2/c28-20-8-12-23(13-9-20)37-22-10-6-18(7-11-22)19-16-24(27(29)36)30-26(17-19)35(21-4-2-1-3-5-21)15-14-25-31-33-34-32-25/h1-13,16-17H,14-15H2,(H2,29,36)(H,31,32,33,34). The van der Waals surface area contributed by atoms with Crippen LogP contribution in [-0.2, 0) is 6.42 Å². The van der Waals surface area contributed by atoms with E-state index in [9.17, 15) is 9.18 Å². The van der Waals surface area contributed by atoms with Crippen molar-refractivity contribution in [2.45, 2.75) is 6.42 Å². The molecule has 184 valence electrons. The lowest BCUT2D eigenvalue weighted by molar-refractivity contribution is 0.0995. The first-order valence-corrected chi connectivity index (χ1v) is 11.5. The van der Waals surface area contributed by atoms with Crippen molar-refractivity contribution in [3.8, 4) is 22.6 Å². The van der Waals surface area contributed by atoms with Crippen LogP contribution in [0.3, 0.4) is 0 Å². The van der Waals surface area contributed by atoms with Crippen LogP contribution >= 0.6 is 0 Å². The van der Waals surface area contributed by atoms with Gasteiger partial charge in [0.15, 0.2) is 5.82 Å². The molecule has 3 aromatic carbocycles. The first kappa shape index (κ1) is 23.6. The summed E-state index contributed by atoms with van der Waals surface area (Å²) in [6.45, 7) is 0.489. The van der Waals surface area contributed by atoms with E-state index in [1.165, 1.54) is 12.1 Å². The molecular weight excluding hydrogens is 473 g/mol. The maximum absolute atomic E-state index is 13.2. The summed E-state index contributed by atoms with van der Waals surface area (Å²) < 4.78 is 19.0. The molecule has 37 heavy (non-hydrogen) atoms. The summed E-state index contributed by atoms with van der Waals surface area (Å²) in [5.41, 5.74) is 8.26. The lowest BCUT2D eigenvalue weighted by atomic mass is 10.0. The van der Waals surface area contributed by atoms with Gasteiger partial charge in [0, 0.05) is 18.7 Å². The number of rotatable bonds is 9. The van der Waals surface area contributed by atoms with E-state index in [4.69, 9.17) is 10.5 Å². The SMILES string of the molecule is NC(=O)c1cc(-c2ccc(Oc3ccc(F)cc3)cc2)cc(N(CCc2nn[nH]n2)c2ccccc2)n1. The average molecular weight is 496 g/mol. The third-order valence-electron chi connectivity index (χ3n) is 5.59. The zero-order chi connectivity index (χ0) is 25.6. The van der Waals surface area contributed by atoms with Gasteiger partial charge in [0.2, 0.25) is 0 Å². The fraction of sp³-hybridized carbons (Fsp3) is 0.0741.